The van der Waals surface area contributed by atoms with Gasteiger partial charge in [-0.15, -0.1) is 0 Å². The SMILES string of the molecule is CNC1CCN(Cc2cn(CC3CC3)c(=O)c3ccc(-c4cc(C(=O)NC5CC5)cc(F)c4C)cc23)CC1. The van der Waals surface area contributed by atoms with Gasteiger partial charge in [0.15, 0.2) is 0 Å². The predicted molar refractivity (Wildman–Crippen MR) is 149 cm³/mol. The molecule has 1 aliphatic heterocycles. The van der Waals surface area contributed by atoms with Crippen LogP contribution in [0, 0.1) is 18.7 Å². The lowest BCUT2D eigenvalue weighted by atomic mass is 9.94. The van der Waals surface area contributed by atoms with E-state index in [0.717, 1.165) is 68.4 Å². The van der Waals surface area contributed by atoms with Crippen LogP contribution < -0.4 is 16.2 Å². The van der Waals surface area contributed by atoms with Gasteiger partial charge in [-0.2, -0.15) is 0 Å². The number of piperidine rings is 1. The molecule has 1 amide bonds. The van der Waals surface area contributed by atoms with Crippen LogP contribution in [0.5, 0.6) is 0 Å². The number of hydrogen-bond donors (Lipinski definition) is 2. The second-order valence-electron chi connectivity index (χ2n) is 11.5. The van der Waals surface area contributed by atoms with Crippen molar-refractivity contribution >= 4 is 16.7 Å². The molecule has 2 aliphatic carbocycles. The minimum Gasteiger partial charge on any atom is -0.349 e. The predicted octanol–water partition coefficient (Wildman–Crippen LogP) is 4.60. The Bertz CT molecular complexity index is 1430. The van der Waals surface area contributed by atoms with E-state index in [4.69, 9.17) is 0 Å². The Morgan fingerprint density at radius 2 is 1.76 bits per heavy atom. The Morgan fingerprint density at radius 1 is 1.00 bits per heavy atom. The van der Waals surface area contributed by atoms with Crippen LogP contribution in [0.4, 0.5) is 4.39 Å². The molecule has 0 atom stereocenters. The van der Waals surface area contributed by atoms with Crippen LogP contribution in [-0.4, -0.2) is 47.6 Å². The number of pyridine rings is 1. The molecule has 38 heavy (non-hydrogen) atoms. The summed E-state index contributed by atoms with van der Waals surface area (Å²) < 4.78 is 16.9. The van der Waals surface area contributed by atoms with E-state index < -0.39 is 5.82 Å². The van der Waals surface area contributed by atoms with Crippen LogP contribution >= 0.6 is 0 Å². The molecule has 6 rings (SSSR count). The number of carbonyl (C=O) groups excluding carboxylic acids is 1. The molecular weight excluding hydrogens is 479 g/mol. The number of nitrogens with one attached hydrogen (secondary N) is 2. The molecule has 2 saturated carbocycles. The number of benzene rings is 2. The molecule has 2 aromatic carbocycles. The van der Waals surface area contributed by atoms with Crippen molar-refractivity contribution in [2.75, 3.05) is 20.1 Å². The van der Waals surface area contributed by atoms with Gasteiger partial charge in [0.1, 0.15) is 5.82 Å². The number of carbonyl (C=O) groups is 1. The molecular formula is C31H37FN4O2. The summed E-state index contributed by atoms with van der Waals surface area (Å²) in [4.78, 5) is 28.7. The van der Waals surface area contributed by atoms with Gasteiger partial charge in [0.05, 0.1) is 0 Å². The summed E-state index contributed by atoms with van der Waals surface area (Å²) in [7, 11) is 2.03. The maximum atomic E-state index is 15.0. The maximum Gasteiger partial charge on any atom is 0.258 e. The van der Waals surface area contributed by atoms with Crippen molar-refractivity contribution in [3.63, 3.8) is 0 Å². The van der Waals surface area contributed by atoms with Gasteiger partial charge in [-0.1, -0.05) is 6.07 Å². The zero-order valence-electron chi connectivity index (χ0n) is 22.4. The van der Waals surface area contributed by atoms with Crippen molar-refractivity contribution < 1.29 is 9.18 Å². The Morgan fingerprint density at radius 3 is 2.45 bits per heavy atom. The van der Waals surface area contributed by atoms with Gasteiger partial charge < -0.3 is 15.2 Å². The molecule has 1 saturated heterocycles. The van der Waals surface area contributed by atoms with E-state index in [1.165, 1.54) is 18.9 Å². The van der Waals surface area contributed by atoms with Crippen LogP contribution in [-0.2, 0) is 13.1 Å². The summed E-state index contributed by atoms with van der Waals surface area (Å²) in [6.07, 6.45) is 8.60. The number of aromatic nitrogens is 1. The standard InChI is InChI=1S/C31H37FN4O2/c1-19-27(14-22(15-29(19)32)30(37)34-25-6-7-25)21-5-8-26-28(13-21)23(17-35-11-9-24(33-2)10-12-35)18-36(31(26)38)16-20-3-4-20/h5,8,13-15,18,20,24-25,33H,3-4,6-7,9-12,16-17H2,1-2H3,(H,34,37). The molecule has 200 valence electrons. The Labute approximate surface area is 223 Å². The fraction of sp³-hybridized carbons (Fsp3) is 0.484. The number of likely N-dealkylation sites (tertiary alicyclic amines) is 1. The van der Waals surface area contributed by atoms with Gasteiger partial charge in [-0.3, -0.25) is 14.5 Å². The summed E-state index contributed by atoms with van der Waals surface area (Å²) in [5.74, 6) is -0.0307. The average Bonchev–Trinajstić information content (AvgIpc) is 3.86. The van der Waals surface area contributed by atoms with E-state index in [1.807, 2.05) is 29.8 Å². The number of nitrogens with zero attached hydrogens (tertiary/aromatic N) is 2. The highest BCUT2D eigenvalue weighted by Crippen LogP contribution is 2.33. The molecule has 0 bridgehead atoms. The van der Waals surface area contributed by atoms with Crippen molar-refractivity contribution in [2.24, 2.45) is 5.92 Å². The monoisotopic (exact) mass is 516 g/mol. The largest absolute Gasteiger partial charge is 0.349 e. The third kappa shape index (κ3) is 5.27. The second-order valence-corrected chi connectivity index (χ2v) is 11.5. The van der Waals surface area contributed by atoms with Crippen molar-refractivity contribution in [1.29, 1.82) is 0 Å². The molecule has 0 spiro atoms. The molecule has 7 heteroatoms. The number of fused-ring (bicyclic) bond motifs is 1. The lowest BCUT2D eigenvalue weighted by Gasteiger charge is -2.32. The quantitative estimate of drug-likeness (QED) is 0.459. The van der Waals surface area contributed by atoms with Crippen LogP contribution in [0.3, 0.4) is 0 Å². The molecule has 6 nitrogen and oxygen atoms in total. The lowest BCUT2D eigenvalue weighted by molar-refractivity contribution is 0.0950. The fourth-order valence-corrected chi connectivity index (χ4v) is 5.70. The maximum absolute atomic E-state index is 15.0. The van der Waals surface area contributed by atoms with E-state index in [0.29, 0.717) is 34.0 Å². The van der Waals surface area contributed by atoms with Crippen LogP contribution in [0.25, 0.3) is 21.9 Å². The van der Waals surface area contributed by atoms with E-state index in [-0.39, 0.29) is 17.5 Å². The number of halogens is 1. The third-order valence-electron chi connectivity index (χ3n) is 8.54. The molecule has 3 fully saturated rings. The van der Waals surface area contributed by atoms with Crippen molar-refractivity contribution in [2.45, 2.75) is 70.6 Å². The van der Waals surface area contributed by atoms with Gasteiger partial charge in [-0.05, 0) is 123 Å². The van der Waals surface area contributed by atoms with Crippen LogP contribution in [0.1, 0.15) is 60.0 Å². The van der Waals surface area contributed by atoms with Crippen molar-refractivity contribution in [3.8, 4) is 11.1 Å². The fourth-order valence-electron chi connectivity index (χ4n) is 5.70. The summed E-state index contributed by atoms with van der Waals surface area (Å²) in [6.45, 7) is 5.32. The van der Waals surface area contributed by atoms with E-state index in [2.05, 4.69) is 21.7 Å². The highest BCUT2D eigenvalue weighted by atomic mass is 19.1. The zero-order valence-corrected chi connectivity index (χ0v) is 22.4. The van der Waals surface area contributed by atoms with Gasteiger partial charge in [0.25, 0.3) is 11.5 Å². The molecule has 2 heterocycles. The van der Waals surface area contributed by atoms with Gasteiger partial charge in [0.2, 0.25) is 0 Å². The summed E-state index contributed by atoms with van der Waals surface area (Å²) in [5.41, 5.74) is 3.52. The van der Waals surface area contributed by atoms with Gasteiger partial charge >= 0.3 is 0 Å². The summed E-state index contributed by atoms with van der Waals surface area (Å²) >= 11 is 0. The Kier molecular flexibility index (Phi) is 6.82. The first kappa shape index (κ1) is 25.3. The molecule has 3 aliphatic rings. The molecule has 2 N–H and O–H groups in total. The first-order chi connectivity index (χ1) is 18.4. The minimum absolute atomic E-state index is 0.0385. The third-order valence-corrected chi connectivity index (χ3v) is 8.54. The highest BCUT2D eigenvalue weighted by Gasteiger charge is 2.26. The minimum atomic E-state index is -0.393. The first-order valence-electron chi connectivity index (χ1n) is 14.1. The number of rotatable bonds is 8. The number of hydrogen-bond acceptors (Lipinski definition) is 4. The van der Waals surface area contributed by atoms with Crippen LogP contribution in [0.15, 0.2) is 41.3 Å². The number of amides is 1. The zero-order chi connectivity index (χ0) is 26.4. The van der Waals surface area contributed by atoms with Gasteiger partial charge in [-0.25, -0.2) is 4.39 Å². The Balaban J connectivity index is 1.40. The van der Waals surface area contributed by atoms with E-state index in [9.17, 15) is 9.59 Å². The molecule has 0 radical (unpaired) electrons. The highest BCUT2D eigenvalue weighted by molar-refractivity contribution is 5.97. The molecule has 3 aromatic rings. The Hall–Kier alpha value is -3.03. The van der Waals surface area contributed by atoms with E-state index in [1.54, 1.807) is 13.0 Å². The lowest BCUT2D eigenvalue weighted by Crippen LogP contribution is -2.40. The molecule has 1 aromatic heterocycles. The smallest absolute Gasteiger partial charge is 0.258 e. The molecule has 0 unspecified atom stereocenters. The first-order valence-corrected chi connectivity index (χ1v) is 14.1. The second kappa shape index (κ2) is 10.3. The topological polar surface area (TPSA) is 66.4 Å². The summed E-state index contributed by atoms with van der Waals surface area (Å²) in [5, 5.41) is 7.98. The van der Waals surface area contributed by atoms with Crippen molar-refractivity contribution in [3.05, 3.63) is 69.4 Å². The average molecular weight is 517 g/mol. The van der Waals surface area contributed by atoms with Gasteiger partial charge in [0, 0.05) is 42.3 Å². The normalized spacial score (nSPS) is 18.7. The van der Waals surface area contributed by atoms with E-state index >= 15 is 4.39 Å². The summed E-state index contributed by atoms with van der Waals surface area (Å²) in [6, 6.07) is 9.69. The van der Waals surface area contributed by atoms with Crippen molar-refractivity contribution in [1.82, 2.24) is 20.1 Å². The van der Waals surface area contributed by atoms with Crippen LogP contribution in [0.2, 0.25) is 0 Å².